The first kappa shape index (κ1) is 15.7. The van der Waals surface area contributed by atoms with Crippen molar-refractivity contribution in [2.75, 3.05) is 27.4 Å². The van der Waals surface area contributed by atoms with Crippen LogP contribution < -0.4 is 0 Å². The lowest BCUT2D eigenvalue weighted by Crippen LogP contribution is -2.24. The molecule has 0 bridgehead atoms. The Bertz CT molecular complexity index is 281. The number of cyclic esters (lactones) is 1. The van der Waals surface area contributed by atoms with E-state index in [0.717, 1.165) is 0 Å². The highest BCUT2D eigenvalue weighted by atomic mass is 16.7. The van der Waals surface area contributed by atoms with E-state index in [2.05, 4.69) is 14.8 Å². The normalized spacial score (nSPS) is 18.8. The van der Waals surface area contributed by atoms with E-state index in [0.29, 0.717) is 19.6 Å². The molecule has 1 atom stereocenters. The Hall–Kier alpha value is -1.30. The van der Waals surface area contributed by atoms with Crippen LogP contribution in [0.2, 0.25) is 0 Å². The van der Waals surface area contributed by atoms with Crippen molar-refractivity contribution in [1.29, 1.82) is 0 Å². The fourth-order valence-corrected chi connectivity index (χ4v) is 0.917. The Balaban J connectivity index is 0.000000325. The number of carbonyl (C=O) groups excluding carboxylic acids is 1. The lowest BCUT2D eigenvalue weighted by molar-refractivity contribution is -0.178. The summed E-state index contributed by atoms with van der Waals surface area (Å²) in [4.78, 5) is 13.0. The van der Waals surface area contributed by atoms with Gasteiger partial charge in [-0.25, -0.2) is 0 Å². The SMILES string of the molecule is COC(C)(C)OC.[N-]=[N+]=NCC1COC(=O)C1. The summed E-state index contributed by atoms with van der Waals surface area (Å²) in [5, 5.41) is 3.34. The van der Waals surface area contributed by atoms with E-state index in [1.54, 1.807) is 14.2 Å². The van der Waals surface area contributed by atoms with E-state index in [1.165, 1.54) is 0 Å². The van der Waals surface area contributed by atoms with Gasteiger partial charge in [0.05, 0.1) is 13.0 Å². The van der Waals surface area contributed by atoms with E-state index >= 15 is 0 Å². The number of hydrogen-bond donors (Lipinski definition) is 0. The average molecular weight is 245 g/mol. The van der Waals surface area contributed by atoms with Crippen molar-refractivity contribution in [3.8, 4) is 0 Å². The molecule has 0 aromatic rings. The van der Waals surface area contributed by atoms with Gasteiger partial charge in [-0.3, -0.25) is 4.79 Å². The maximum Gasteiger partial charge on any atom is 0.306 e. The van der Waals surface area contributed by atoms with Crippen LogP contribution in [0, 0.1) is 5.92 Å². The molecule has 0 N–H and O–H groups in total. The van der Waals surface area contributed by atoms with Gasteiger partial charge in [0.2, 0.25) is 0 Å². The van der Waals surface area contributed by atoms with Crippen LogP contribution in [0.4, 0.5) is 0 Å². The van der Waals surface area contributed by atoms with Gasteiger partial charge in [0.25, 0.3) is 0 Å². The van der Waals surface area contributed by atoms with Gasteiger partial charge in [0, 0.05) is 31.6 Å². The van der Waals surface area contributed by atoms with Crippen LogP contribution in [0.3, 0.4) is 0 Å². The number of carbonyl (C=O) groups is 1. The van der Waals surface area contributed by atoms with Gasteiger partial charge in [-0.05, 0) is 19.4 Å². The fourth-order valence-electron chi connectivity index (χ4n) is 0.917. The van der Waals surface area contributed by atoms with Crippen molar-refractivity contribution in [3.05, 3.63) is 10.4 Å². The lowest BCUT2D eigenvalue weighted by Gasteiger charge is -2.19. The number of rotatable bonds is 4. The maximum absolute atomic E-state index is 10.5. The molecular formula is C10H19N3O4. The van der Waals surface area contributed by atoms with Gasteiger partial charge in [-0.1, -0.05) is 5.11 Å². The van der Waals surface area contributed by atoms with Crippen LogP contribution in [0.5, 0.6) is 0 Å². The monoisotopic (exact) mass is 245 g/mol. The highest BCUT2D eigenvalue weighted by Crippen LogP contribution is 2.13. The summed E-state index contributed by atoms with van der Waals surface area (Å²) in [6, 6.07) is 0. The second-order valence-corrected chi connectivity index (χ2v) is 3.97. The van der Waals surface area contributed by atoms with Crippen LogP contribution in [0.1, 0.15) is 20.3 Å². The van der Waals surface area contributed by atoms with Gasteiger partial charge in [-0.15, -0.1) is 0 Å². The molecule has 7 nitrogen and oxygen atoms in total. The molecule has 1 aliphatic rings. The van der Waals surface area contributed by atoms with E-state index < -0.39 is 5.79 Å². The summed E-state index contributed by atoms with van der Waals surface area (Å²) in [7, 11) is 3.23. The zero-order chi connectivity index (χ0) is 13.3. The number of ether oxygens (including phenoxy) is 3. The molecule has 1 fully saturated rings. The summed E-state index contributed by atoms with van der Waals surface area (Å²) in [5.41, 5.74) is 7.93. The predicted molar refractivity (Wildman–Crippen MR) is 61.2 cm³/mol. The molecule has 98 valence electrons. The van der Waals surface area contributed by atoms with Crippen LogP contribution in [-0.4, -0.2) is 39.1 Å². The Labute approximate surface area is 101 Å². The molecule has 0 aromatic carbocycles. The predicted octanol–water partition coefficient (Wildman–Crippen LogP) is 1.88. The second kappa shape index (κ2) is 7.89. The van der Waals surface area contributed by atoms with E-state index in [1.807, 2.05) is 13.8 Å². The summed E-state index contributed by atoms with van der Waals surface area (Å²) in [6.07, 6.45) is 0.388. The molecule has 1 unspecified atom stereocenters. The van der Waals surface area contributed by atoms with E-state index in [9.17, 15) is 4.79 Å². The van der Waals surface area contributed by atoms with Gasteiger partial charge < -0.3 is 14.2 Å². The molecule has 0 amide bonds. The first-order valence-corrected chi connectivity index (χ1v) is 5.22. The zero-order valence-corrected chi connectivity index (χ0v) is 10.7. The molecule has 0 saturated carbocycles. The topological polar surface area (TPSA) is 93.5 Å². The Kier molecular flexibility index (Phi) is 7.29. The Morgan fingerprint density at radius 1 is 1.53 bits per heavy atom. The molecule has 0 aliphatic carbocycles. The minimum absolute atomic E-state index is 0.100. The first-order chi connectivity index (χ1) is 7.95. The number of methoxy groups -OCH3 is 2. The molecule has 1 heterocycles. The van der Waals surface area contributed by atoms with E-state index in [4.69, 9.17) is 15.0 Å². The van der Waals surface area contributed by atoms with Crippen LogP contribution >= 0.6 is 0 Å². The van der Waals surface area contributed by atoms with Crippen molar-refractivity contribution in [3.63, 3.8) is 0 Å². The average Bonchev–Trinajstić information content (AvgIpc) is 2.73. The number of hydrogen-bond acceptors (Lipinski definition) is 5. The van der Waals surface area contributed by atoms with E-state index in [-0.39, 0.29) is 11.9 Å². The summed E-state index contributed by atoms with van der Waals surface area (Å²) >= 11 is 0. The van der Waals surface area contributed by atoms with Crippen molar-refractivity contribution in [1.82, 2.24) is 0 Å². The third kappa shape index (κ3) is 7.57. The molecule has 0 radical (unpaired) electrons. The quantitative estimate of drug-likeness (QED) is 0.248. The van der Waals surface area contributed by atoms with Crippen molar-refractivity contribution >= 4 is 5.97 Å². The molecule has 7 heteroatoms. The van der Waals surface area contributed by atoms with Gasteiger partial charge in [0.15, 0.2) is 5.79 Å². The van der Waals surface area contributed by atoms with Crippen molar-refractivity contribution in [2.45, 2.75) is 26.1 Å². The maximum atomic E-state index is 10.5. The minimum atomic E-state index is -0.417. The molecule has 0 spiro atoms. The standard InChI is InChI=1S/C5H7N3O2.C5H12O2/c6-8-7-2-4-1-5(9)10-3-4;1-5(2,6-3)7-4/h4H,1-3H2;1-4H3. The van der Waals surface area contributed by atoms with Gasteiger partial charge >= 0.3 is 5.97 Å². The Morgan fingerprint density at radius 2 is 2.12 bits per heavy atom. The number of esters is 1. The number of azide groups is 1. The highest BCUT2D eigenvalue weighted by molar-refractivity contribution is 5.71. The highest BCUT2D eigenvalue weighted by Gasteiger charge is 2.22. The van der Waals surface area contributed by atoms with Crippen LogP contribution in [-0.2, 0) is 19.0 Å². The van der Waals surface area contributed by atoms with Gasteiger partial charge in [-0.2, -0.15) is 0 Å². The second-order valence-electron chi connectivity index (χ2n) is 3.97. The molecule has 17 heavy (non-hydrogen) atoms. The molecular weight excluding hydrogens is 226 g/mol. The van der Waals surface area contributed by atoms with Gasteiger partial charge in [0.1, 0.15) is 0 Å². The molecule has 1 saturated heterocycles. The van der Waals surface area contributed by atoms with Crippen LogP contribution in [0.25, 0.3) is 10.4 Å². The number of nitrogens with zero attached hydrogens (tertiary/aromatic N) is 3. The summed E-state index contributed by atoms with van der Waals surface area (Å²) in [6.45, 7) is 4.47. The van der Waals surface area contributed by atoms with Crippen molar-refractivity contribution in [2.24, 2.45) is 11.0 Å². The molecule has 1 rings (SSSR count). The minimum Gasteiger partial charge on any atom is -0.465 e. The largest absolute Gasteiger partial charge is 0.465 e. The summed E-state index contributed by atoms with van der Waals surface area (Å²) < 4.78 is 14.4. The molecule has 0 aromatic heterocycles. The Morgan fingerprint density at radius 3 is 2.41 bits per heavy atom. The van der Waals surface area contributed by atoms with Crippen molar-refractivity contribution < 1.29 is 19.0 Å². The van der Waals surface area contributed by atoms with Crippen LogP contribution in [0.15, 0.2) is 5.11 Å². The fraction of sp³-hybridized carbons (Fsp3) is 0.900. The lowest BCUT2D eigenvalue weighted by atomic mass is 10.1. The molecule has 1 aliphatic heterocycles. The zero-order valence-electron chi connectivity index (χ0n) is 10.7. The third-order valence-electron chi connectivity index (χ3n) is 2.32. The first-order valence-electron chi connectivity index (χ1n) is 5.22. The smallest absolute Gasteiger partial charge is 0.306 e. The third-order valence-corrected chi connectivity index (χ3v) is 2.32. The summed E-state index contributed by atoms with van der Waals surface area (Å²) in [5.74, 6) is -0.512.